The van der Waals surface area contributed by atoms with E-state index in [0.717, 1.165) is 25.9 Å². The van der Waals surface area contributed by atoms with Crippen molar-refractivity contribution < 1.29 is 0 Å². The van der Waals surface area contributed by atoms with Gasteiger partial charge >= 0.3 is 0 Å². The molecule has 0 aromatic carbocycles. The standard InChI is InChI=1S/C15H23N3S/c1-4-6-16-14(13-11-19-10-12(13)3)9-15-17-7-8-18(15)5-2/h7-8,10-11,14,16H,4-6,9H2,1-3H3. The first-order chi connectivity index (χ1) is 9.26. The molecule has 1 unspecified atom stereocenters. The first-order valence-electron chi connectivity index (χ1n) is 7.02. The molecule has 0 fully saturated rings. The Morgan fingerprint density at radius 2 is 2.21 bits per heavy atom. The Morgan fingerprint density at radius 1 is 1.37 bits per heavy atom. The minimum atomic E-state index is 0.374. The molecular weight excluding hydrogens is 254 g/mol. The van der Waals surface area contributed by atoms with Crippen molar-refractivity contribution in [3.05, 3.63) is 40.1 Å². The molecule has 2 aromatic heterocycles. The number of hydrogen-bond acceptors (Lipinski definition) is 3. The molecule has 19 heavy (non-hydrogen) atoms. The molecule has 0 aliphatic rings. The van der Waals surface area contributed by atoms with Crippen LogP contribution in [-0.2, 0) is 13.0 Å². The molecular formula is C15H23N3S. The minimum absolute atomic E-state index is 0.374. The third-order valence-corrected chi connectivity index (χ3v) is 4.32. The van der Waals surface area contributed by atoms with Crippen molar-refractivity contribution in [1.29, 1.82) is 0 Å². The smallest absolute Gasteiger partial charge is 0.110 e. The number of imidazole rings is 1. The quantitative estimate of drug-likeness (QED) is 0.838. The molecule has 2 rings (SSSR count). The topological polar surface area (TPSA) is 29.9 Å². The predicted molar refractivity (Wildman–Crippen MR) is 81.7 cm³/mol. The van der Waals surface area contributed by atoms with E-state index in [1.54, 1.807) is 11.3 Å². The SMILES string of the molecule is CCCNC(Cc1nccn1CC)c1cscc1C. The maximum atomic E-state index is 4.50. The molecule has 1 N–H and O–H groups in total. The lowest BCUT2D eigenvalue weighted by Crippen LogP contribution is -2.25. The molecule has 0 bridgehead atoms. The van der Waals surface area contributed by atoms with E-state index in [0.29, 0.717) is 6.04 Å². The van der Waals surface area contributed by atoms with Crippen molar-refractivity contribution >= 4 is 11.3 Å². The van der Waals surface area contributed by atoms with Gasteiger partial charge in [-0.1, -0.05) is 6.92 Å². The highest BCUT2D eigenvalue weighted by molar-refractivity contribution is 7.08. The molecule has 3 nitrogen and oxygen atoms in total. The van der Waals surface area contributed by atoms with E-state index in [4.69, 9.17) is 0 Å². The number of thiophene rings is 1. The second kappa shape index (κ2) is 6.87. The van der Waals surface area contributed by atoms with Crippen molar-refractivity contribution in [2.75, 3.05) is 6.54 Å². The average Bonchev–Trinajstić information content (AvgIpc) is 3.03. The van der Waals surface area contributed by atoms with Crippen molar-refractivity contribution in [3.63, 3.8) is 0 Å². The number of rotatable bonds is 7. The summed E-state index contributed by atoms with van der Waals surface area (Å²) >= 11 is 1.78. The summed E-state index contributed by atoms with van der Waals surface area (Å²) in [4.78, 5) is 4.50. The first-order valence-corrected chi connectivity index (χ1v) is 7.96. The van der Waals surface area contributed by atoms with Crippen LogP contribution in [0.25, 0.3) is 0 Å². The maximum Gasteiger partial charge on any atom is 0.110 e. The van der Waals surface area contributed by atoms with Crippen LogP contribution in [0.5, 0.6) is 0 Å². The van der Waals surface area contributed by atoms with Gasteiger partial charge in [-0.2, -0.15) is 11.3 Å². The Bertz CT molecular complexity index is 501. The fourth-order valence-corrected chi connectivity index (χ4v) is 3.24. The molecule has 0 spiro atoms. The molecule has 104 valence electrons. The zero-order chi connectivity index (χ0) is 13.7. The Labute approximate surface area is 119 Å². The lowest BCUT2D eigenvalue weighted by atomic mass is 10.0. The molecule has 2 aromatic rings. The Kier molecular flexibility index (Phi) is 5.16. The van der Waals surface area contributed by atoms with Crippen LogP contribution < -0.4 is 5.32 Å². The molecule has 0 radical (unpaired) electrons. The summed E-state index contributed by atoms with van der Waals surface area (Å²) in [7, 11) is 0. The highest BCUT2D eigenvalue weighted by Gasteiger charge is 2.16. The van der Waals surface area contributed by atoms with Crippen molar-refractivity contribution in [2.24, 2.45) is 0 Å². The van der Waals surface area contributed by atoms with E-state index in [1.807, 2.05) is 6.20 Å². The largest absolute Gasteiger partial charge is 0.335 e. The lowest BCUT2D eigenvalue weighted by molar-refractivity contribution is 0.506. The van der Waals surface area contributed by atoms with Gasteiger partial charge in [0, 0.05) is 31.4 Å². The first kappa shape index (κ1) is 14.3. The number of aromatic nitrogens is 2. The second-order valence-electron chi connectivity index (χ2n) is 4.85. The van der Waals surface area contributed by atoms with Gasteiger partial charge in [-0.3, -0.25) is 0 Å². The molecule has 1 atom stereocenters. The molecule has 2 heterocycles. The van der Waals surface area contributed by atoms with Crippen LogP contribution in [0.15, 0.2) is 23.2 Å². The second-order valence-corrected chi connectivity index (χ2v) is 5.59. The lowest BCUT2D eigenvalue weighted by Gasteiger charge is -2.19. The molecule has 0 saturated carbocycles. The zero-order valence-electron chi connectivity index (χ0n) is 12.0. The number of nitrogens with zero attached hydrogens (tertiary/aromatic N) is 2. The van der Waals surface area contributed by atoms with Crippen LogP contribution in [0.4, 0.5) is 0 Å². The van der Waals surface area contributed by atoms with Gasteiger partial charge in [0.15, 0.2) is 0 Å². The van der Waals surface area contributed by atoms with Gasteiger partial charge in [0.2, 0.25) is 0 Å². The Morgan fingerprint density at radius 3 is 2.84 bits per heavy atom. The monoisotopic (exact) mass is 277 g/mol. The van der Waals surface area contributed by atoms with E-state index in [9.17, 15) is 0 Å². The molecule has 0 saturated heterocycles. The fraction of sp³-hybridized carbons (Fsp3) is 0.533. The van der Waals surface area contributed by atoms with E-state index in [-0.39, 0.29) is 0 Å². The Hall–Kier alpha value is -1.13. The van der Waals surface area contributed by atoms with Gasteiger partial charge in [0.25, 0.3) is 0 Å². The summed E-state index contributed by atoms with van der Waals surface area (Å²) < 4.78 is 2.22. The molecule has 0 aliphatic carbocycles. The van der Waals surface area contributed by atoms with E-state index >= 15 is 0 Å². The number of nitrogens with one attached hydrogen (secondary N) is 1. The van der Waals surface area contributed by atoms with Crippen molar-refractivity contribution in [3.8, 4) is 0 Å². The summed E-state index contributed by atoms with van der Waals surface area (Å²) in [5.74, 6) is 1.17. The highest BCUT2D eigenvalue weighted by Crippen LogP contribution is 2.24. The normalized spacial score (nSPS) is 12.8. The third-order valence-electron chi connectivity index (χ3n) is 3.44. The van der Waals surface area contributed by atoms with Crippen LogP contribution in [-0.4, -0.2) is 16.1 Å². The van der Waals surface area contributed by atoms with Crippen LogP contribution >= 0.6 is 11.3 Å². The van der Waals surface area contributed by atoms with Gasteiger partial charge < -0.3 is 9.88 Å². The van der Waals surface area contributed by atoms with Crippen LogP contribution in [0.3, 0.4) is 0 Å². The van der Waals surface area contributed by atoms with Gasteiger partial charge in [-0.05, 0) is 48.7 Å². The number of hydrogen-bond donors (Lipinski definition) is 1. The van der Waals surface area contributed by atoms with Crippen LogP contribution in [0, 0.1) is 6.92 Å². The highest BCUT2D eigenvalue weighted by atomic mass is 32.1. The van der Waals surface area contributed by atoms with E-state index in [1.165, 1.54) is 17.0 Å². The molecule has 4 heteroatoms. The summed E-state index contributed by atoms with van der Waals surface area (Å²) in [6, 6.07) is 0.374. The van der Waals surface area contributed by atoms with Gasteiger partial charge in [0.1, 0.15) is 5.82 Å². The van der Waals surface area contributed by atoms with E-state index < -0.39 is 0 Å². The van der Waals surface area contributed by atoms with Gasteiger partial charge in [-0.25, -0.2) is 4.98 Å². The summed E-state index contributed by atoms with van der Waals surface area (Å²) in [6.07, 6.45) is 6.07. The maximum absolute atomic E-state index is 4.50. The summed E-state index contributed by atoms with van der Waals surface area (Å²) in [5.41, 5.74) is 2.80. The van der Waals surface area contributed by atoms with Crippen molar-refractivity contribution in [2.45, 2.75) is 46.2 Å². The summed E-state index contributed by atoms with van der Waals surface area (Å²) in [6.45, 7) is 8.59. The summed E-state index contributed by atoms with van der Waals surface area (Å²) in [5, 5.41) is 8.15. The number of aryl methyl sites for hydroxylation is 2. The molecule has 0 amide bonds. The Balaban J connectivity index is 2.17. The zero-order valence-corrected chi connectivity index (χ0v) is 12.8. The van der Waals surface area contributed by atoms with Gasteiger partial charge in [-0.15, -0.1) is 0 Å². The van der Waals surface area contributed by atoms with E-state index in [2.05, 4.69) is 52.6 Å². The van der Waals surface area contributed by atoms with Crippen LogP contribution in [0.1, 0.15) is 43.3 Å². The van der Waals surface area contributed by atoms with Gasteiger partial charge in [0.05, 0.1) is 0 Å². The van der Waals surface area contributed by atoms with Crippen molar-refractivity contribution in [1.82, 2.24) is 14.9 Å². The molecule has 0 aliphatic heterocycles. The fourth-order valence-electron chi connectivity index (χ4n) is 2.34. The van der Waals surface area contributed by atoms with Crippen LogP contribution in [0.2, 0.25) is 0 Å². The average molecular weight is 277 g/mol. The third kappa shape index (κ3) is 3.45. The minimum Gasteiger partial charge on any atom is -0.335 e. The predicted octanol–water partition coefficient (Wildman–Crippen LogP) is 3.56.